The molecule has 0 aromatic carbocycles. The zero-order valence-corrected chi connectivity index (χ0v) is 8.77. The Morgan fingerprint density at radius 1 is 1.25 bits per heavy atom. The van der Waals surface area contributed by atoms with Gasteiger partial charge in [-0.1, -0.05) is 27.2 Å². The van der Waals surface area contributed by atoms with Gasteiger partial charge in [0.05, 0.1) is 0 Å². The van der Waals surface area contributed by atoms with Crippen LogP contribution in [0.25, 0.3) is 0 Å². The summed E-state index contributed by atoms with van der Waals surface area (Å²) in [5.41, 5.74) is 5.89. The fraction of sp³-hybridized carbons (Fsp3) is 1.00. The predicted molar refractivity (Wildman–Crippen MR) is 55.2 cm³/mol. The van der Waals surface area contributed by atoms with E-state index in [2.05, 4.69) is 26.1 Å². The van der Waals surface area contributed by atoms with Crippen molar-refractivity contribution in [2.24, 2.45) is 11.7 Å². The summed E-state index contributed by atoms with van der Waals surface area (Å²) in [6.07, 6.45) is 3.64. The van der Waals surface area contributed by atoms with Crippen LogP contribution in [0, 0.1) is 5.92 Å². The van der Waals surface area contributed by atoms with Gasteiger partial charge >= 0.3 is 0 Å². The van der Waals surface area contributed by atoms with Crippen LogP contribution in [0.15, 0.2) is 0 Å². The van der Waals surface area contributed by atoms with Gasteiger partial charge in [-0.05, 0) is 31.8 Å². The van der Waals surface area contributed by atoms with Crippen molar-refractivity contribution in [1.29, 1.82) is 0 Å². The van der Waals surface area contributed by atoms with Crippen LogP contribution in [0.4, 0.5) is 0 Å². The van der Waals surface area contributed by atoms with Crippen molar-refractivity contribution in [2.45, 2.75) is 46.1 Å². The first-order valence-corrected chi connectivity index (χ1v) is 5.14. The third kappa shape index (κ3) is 6.62. The lowest BCUT2D eigenvalue weighted by Crippen LogP contribution is -2.31. The van der Waals surface area contributed by atoms with E-state index in [-0.39, 0.29) is 0 Å². The Morgan fingerprint density at radius 2 is 1.92 bits per heavy atom. The third-order valence-electron chi connectivity index (χ3n) is 2.22. The Balaban J connectivity index is 3.08. The van der Waals surface area contributed by atoms with Gasteiger partial charge in [0.25, 0.3) is 0 Å². The number of hydrogen-bond acceptors (Lipinski definition) is 2. The van der Waals surface area contributed by atoms with E-state index in [0.717, 1.165) is 19.5 Å². The van der Waals surface area contributed by atoms with Gasteiger partial charge in [0, 0.05) is 6.04 Å². The SMILES string of the molecule is CCCCNCCC(N)C(C)C. The quantitative estimate of drug-likeness (QED) is 0.574. The van der Waals surface area contributed by atoms with Crippen LogP contribution in [0.3, 0.4) is 0 Å². The summed E-state index contributed by atoms with van der Waals surface area (Å²) in [6.45, 7) is 8.77. The molecule has 0 rings (SSSR count). The van der Waals surface area contributed by atoms with Gasteiger partial charge in [-0.2, -0.15) is 0 Å². The molecule has 0 heterocycles. The number of nitrogens with one attached hydrogen (secondary N) is 1. The molecule has 1 atom stereocenters. The topological polar surface area (TPSA) is 38.0 Å². The Labute approximate surface area is 76.9 Å². The first kappa shape index (κ1) is 11.9. The summed E-state index contributed by atoms with van der Waals surface area (Å²) < 4.78 is 0. The number of hydrogen-bond donors (Lipinski definition) is 2. The Morgan fingerprint density at radius 3 is 2.42 bits per heavy atom. The maximum Gasteiger partial charge on any atom is 0.00739 e. The van der Waals surface area contributed by atoms with Crippen LogP contribution < -0.4 is 11.1 Å². The smallest absolute Gasteiger partial charge is 0.00739 e. The molecule has 0 saturated heterocycles. The summed E-state index contributed by atoms with van der Waals surface area (Å²) in [7, 11) is 0. The van der Waals surface area contributed by atoms with Gasteiger partial charge < -0.3 is 11.1 Å². The van der Waals surface area contributed by atoms with E-state index in [1.807, 2.05) is 0 Å². The van der Waals surface area contributed by atoms with E-state index in [4.69, 9.17) is 5.73 Å². The Bertz CT molecular complexity index is 91.8. The highest BCUT2D eigenvalue weighted by molar-refractivity contribution is 4.66. The average Bonchev–Trinajstić information content (AvgIpc) is 2.03. The third-order valence-corrected chi connectivity index (χ3v) is 2.22. The van der Waals surface area contributed by atoms with Crippen molar-refractivity contribution < 1.29 is 0 Å². The minimum absolute atomic E-state index is 0.360. The molecule has 0 aromatic heterocycles. The molecule has 0 radical (unpaired) electrons. The summed E-state index contributed by atoms with van der Waals surface area (Å²) in [6, 6.07) is 0.360. The molecule has 0 aliphatic carbocycles. The molecule has 0 spiro atoms. The second-order valence-electron chi connectivity index (χ2n) is 3.80. The number of unbranched alkanes of at least 4 members (excludes halogenated alkanes) is 1. The molecule has 3 N–H and O–H groups in total. The molecule has 0 bridgehead atoms. The summed E-state index contributed by atoms with van der Waals surface area (Å²) in [5.74, 6) is 0.609. The summed E-state index contributed by atoms with van der Waals surface area (Å²) in [5, 5.41) is 3.39. The highest BCUT2D eigenvalue weighted by Gasteiger charge is 2.05. The highest BCUT2D eigenvalue weighted by atomic mass is 14.9. The molecule has 1 unspecified atom stereocenters. The van der Waals surface area contributed by atoms with Gasteiger partial charge in [-0.3, -0.25) is 0 Å². The molecular formula is C10H24N2. The van der Waals surface area contributed by atoms with E-state index in [1.54, 1.807) is 0 Å². The minimum Gasteiger partial charge on any atom is -0.327 e. The van der Waals surface area contributed by atoms with Crippen molar-refractivity contribution in [3.05, 3.63) is 0 Å². The normalized spacial score (nSPS) is 13.8. The lowest BCUT2D eigenvalue weighted by atomic mass is 10.0. The fourth-order valence-electron chi connectivity index (χ4n) is 1.03. The Hall–Kier alpha value is -0.0800. The molecule has 0 aliphatic rings. The van der Waals surface area contributed by atoms with Gasteiger partial charge in [0.15, 0.2) is 0 Å². The van der Waals surface area contributed by atoms with E-state index < -0.39 is 0 Å². The van der Waals surface area contributed by atoms with Crippen LogP contribution >= 0.6 is 0 Å². The predicted octanol–water partition coefficient (Wildman–Crippen LogP) is 1.75. The number of nitrogens with two attached hydrogens (primary N) is 1. The second-order valence-corrected chi connectivity index (χ2v) is 3.80. The average molecular weight is 172 g/mol. The Kier molecular flexibility index (Phi) is 7.51. The molecule has 2 nitrogen and oxygen atoms in total. The maximum atomic E-state index is 5.89. The summed E-state index contributed by atoms with van der Waals surface area (Å²) >= 11 is 0. The van der Waals surface area contributed by atoms with Gasteiger partial charge in [0.2, 0.25) is 0 Å². The first-order valence-electron chi connectivity index (χ1n) is 5.14. The first-order chi connectivity index (χ1) is 5.68. The molecule has 0 aliphatic heterocycles. The molecule has 0 fully saturated rings. The van der Waals surface area contributed by atoms with Crippen LogP contribution in [0.1, 0.15) is 40.0 Å². The van der Waals surface area contributed by atoms with Crippen molar-refractivity contribution in [3.63, 3.8) is 0 Å². The van der Waals surface area contributed by atoms with Crippen LogP contribution in [-0.2, 0) is 0 Å². The number of rotatable bonds is 7. The fourth-order valence-corrected chi connectivity index (χ4v) is 1.03. The van der Waals surface area contributed by atoms with E-state index in [9.17, 15) is 0 Å². The molecule has 74 valence electrons. The monoisotopic (exact) mass is 172 g/mol. The van der Waals surface area contributed by atoms with Gasteiger partial charge in [-0.15, -0.1) is 0 Å². The standard InChI is InChI=1S/C10H24N2/c1-4-5-7-12-8-6-10(11)9(2)3/h9-10,12H,4-8,11H2,1-3H3. The van der Waals surface area contributed by atoms with Crippen LogP contribution in [0.5, 0.6) is 0 Å². The second kappa shape index (κ2) is 7.56. The lowest BCUT2D eigenvalue weighted by molar-refractivity contribution is 0.448. The molecule has 0 amide bonds. The largest absolute Gasteiger partial charge is 0.327 e. The molecule has 0 saturated carbocycles. The van der Waals surface area contributed by atoms with E-state index in [1.165, 1.54) is 12.8 Å². The molecular weight excluding hydrogens is 148 g/mol. The maximum absolute atomic E-state index is 5.89. The minimum atomic E-state index is 0.360. The summed E-state index contributed by atoms with van der Waals surface area (Å²) in [4.78, 5) is 0. The van der Waals surface area contributed by atoms with Crippen LogP contribution in [0.2, 0.25) is 0 Å². The van der Waals surface area contributed by atoms with Gasteiger partial charge in [-0.25, -0.2) is 0 Å². The van der Waals surface area contributed by atoms with Crippen molar-refractivity contribution in [2.75, 3.05) is 13.1 Å². The molecule has 12 heavy (non-hydrogen) atoms. The van der Waals surface area contributed by atoms with E-state index >= 15 is 0 Å². The van der Waals surface area contributed by atoms with Crippen LogP contribution in [-0.4, -0.2) is 19.1 Å². The highest BCUT2D eigenvalue weighted by Crippen LogP contribution is 2.01. The lowest BCUT2D eigenvalue weighted by Gasteiger charge is -2.15. The zero-order valence-electron chi connectivity index (χ0n) is 8.77. The zero-order chi connectivity index (χ0) is 9.40. The molecule has 2 heteroatoms. The van der Waals surface area contributed by atoms with Gasteiger partial charge in [0.1, 0.15) is 0 Å². The van der Waals surface area contributed by atoms with E-state index in [0.29, 0.717) is 12.0 Å². The van der Waals surface area contributed by atoms with Crippen molar-refractivity contribution in [1.82, 2.24) is 5.32 Å². The molecule has 0 aromatic rings. The van der Waals surface area contributed by atoms with Crippen molar-refractivity contribution in [3.8, 4) is 0 Å². The van der Waals surface area contributed by atoms with Crippen molar-refractivity contribution >= 4 is 0 Å².